The molecule has 2 aromatic heterocycles. The molecule has 0 fully saturated rings. The average Bonchev–Trinajstić information content (AvgIpc) is 3.10. The minimum atomic E-state index is -0.654. The molecular formula is C16H14N2O4. The number of carbonyl (C=O) groups excluding carboxylic acids is 1. The maximum Gasteiger partial charge on any atom is 0.270 e. The quantitative estimate of drug-likeness (QED) is 0.731. The number of hydrogen-bond acceptors (Lipinski definition) is 5. The van der Waals surface area contributed by atoms with Crippen LogP contribution in [0.3, 0.4) is 0 Å². The molecule has 0 saturated carbocycles. The van der Waals surface area contributed by atoms with Gasteiger partial charge in [0.25, 0.3) is 11.8 Å². The number of rotatable bonds is 5. The Kier molecular flexibility index (Phi) is 3.42. The fourth-order valence-corrected chi connectivity index (χ4v) is 2.23. The molecule has 0 spiro atoms. The van der Waals surface area contributed by atoms with E-state index in [0.717, 1.165) is 10.9 Å². The number of aromatic nitrogens is 1. The van der Waals surface area contributed by atoms with Crippen molar-refractivity contribution in [2.24, 2.45) is 5.73 Å². The second-order valence-corrected chi connectivity index (χ2v) is 4.69. The first-order valence-electron chi connectivity index (χ1n) is 6.63. The molecule has 3 rings (SSSR count). The standard InChI is InChI=1S/C16H14N2O4/c1-3-7-20-11-5-4-6-12-13(11)9(2)14(22-12)16-18-10(8-21-16)15(17)19/h3-6,8H,1,7H2,2H3,(H2,17,19). The Labute approximate surface area is 126 Å². The molecule has 0 aliphatic heterocycles. The highest BCUT2D eigenvalue weighted by Crippen LogP contribution is 2.37. The van der Waals surface area contributed by atoms with Gasteiger partial charge >= 0.3 is 0 Å². The number of nitrogens with zero attached hydrogens (tertiary/aromatic N) is 1. The van der Waals surface area contributed by atoms with E-state index in [-0.39, 0.29) is 11.6 Å². The van der Waals surface area contributed by atoms with E-state index >= 15 is 0 Å². The summed E-state index contributed by atoms with van der Waals surface area (Å²) in [5.74, 6) is 0.680. The Hall–Kier alpha value is -3.02. The van der Waals surface area contributed by atoms with Crippen molar-refractivity contribution < 1.29 is 18.4 Å². The van der Waals surface area contributed by atoms with Crippen LogP contribution in [-0.4, -0.2) is 17.5 Å². The van der Waals surface area contributed by atoms with Crippen LogP contribution in [0.4, 0.5) is 0 Å². The molecule has 6 nitrogen and oxygen atoms in total. The average molecular weight is 298 g/mol. The highest BCUT2D eigenvalue weighted by atomic mass is 16.5. The van der Waals surface area contributed by atoms with Crippen molar-refractivity contribution in [1.82, 2.24) is 4.98 Å². The van der Waals surface area contributed by atoms with Crippen LogP contribution in [0.15, 0.2) is 46.0 Å². The van der Waals surface area contributed by atoms with Gasteiger partial charge in [-0.25, -0.2) is 4.98 Å². The molecule has 22 heavy (non-hydrogen) atoms. The number of primary amides is 1. The van der Waals surface area contributed by atoms with Crippen LogP contribution in [0, 0.1) is 6.92 Å². The molecule has 3 aromatic rings. The van der Waals surface area contributed by atoms with Gasteiger partial charge in [0, 0.05) is 5.56 Å². The maximum absolute atomic E-state index is 11.1. The second-order valence-electron chi connectivity index (χ2n) is 4.69. The maximum atomic E-state index is 11.1. The minimum Gasteiger partial charge on any atom is -0.489 e. The third kappa shape index (κ3) is 2.24. The van der Waals surface area contributed by atoms with Crippen molar-refractivity contribution in [1.29, 1.82) is 0 Å². The molecule has 6 heteroatoms. The monoisotopic (exact) mass is 298 g/mol. The zero-order chi connectivity index (χ0) is 15.7. The Bertz CT molecular complexity index is 860. The van der Waals surface area contributed by atoms with Crippen molar-refractivity contribution in [3.8, 4) is 17.4 Å². The van der Waals surface area contributed by atoms with E-state index < -0.39 is 5.91 Å². The van der Waals surface area contributed by atoms with Gasteiger partial charge in [0.15, 0.2) is 11.5 Å². The number of hydrogen-bond donors (Lipinski definition) is 1. The van der Waals surface area contributed by atoms with Gasteiger partial charge in [-0.15, -0.1) is 0 Å². The summed E-state index contributed by atoms with van der Waals surface area (Å²) in [7, 11) is 0. The lowest BCUT2D eigenvalue weighted by atomic mass is 10.1. The highest BCUT2D eigenvalue weighted by Gasteiger charge is 2.20. The van der Waals surface area contributed by atoms with Crippen LogP contribution in [-0.2, 0) is 0 Å². The second kappa shape index (κ2) is 5.40. The summed E-state index contributed by atoms with van der Waals surface area (Å²) in [5, 5.41) is 0.832. The highest BCUT2D eigenvalue weighted by molar-refractivity contribution is 5.93. The fraction of sp³-hybridized carbons (Fsp3) is 0.125. The van der Waals surface area contributed by atoms with Crippen molar-refractivity contribution >= 4 is 16.9 Å². The van der Waals surface area contributed by atoms with E-state index in [4.69, 9.17) is 19.3 Å². The first kappa shape index (κ1) is 13.9. The number of ether oxygens (including phenoxy) is 1. The van der Waals surface area contributed by atoms with Crippen LogP contribution >= 0.6 is 0 Å². The molecule has 0 atom stereocenters. The predicted molar refractivity (Wildman–Crippen MR) is 80.7 cm³/mol. The number of amides is 1. The third-order valence-corrected chi connectivity index (χ3v) is 3.22. The Morgan fingerprint density at radius 1 is 1.50 bits per heavy atom. The Morgan fingerprint density at radius 2 is 2.32 bits per heavy atom. The molecule has 0 unspecified atom stereocenters. The smallest absolute Gasteiger partial charge is 0.270 e. The number of carbonyl (C=O) groups is 1. The zero-order valence-electron chi connectivity index (χ0n) is 12.0. The van der Waals surface area contributed by atoms with Crippen LogP contribution in [0.2, 0.25) is 0 Å². The molecule has 0 saturated heterocycles. The number of benzene rings is 1. The molecule has 2 N–H and O–H groups in total. The molecule has 2 heterocycles. The summed E-state index contributed by atoms with van der Waals surface area (Å²) in [5.41, 5.74) is 6.69. The number of furan rings is 1. The van der Waals surface area contributed by atoms with Crippen LogP contribution < -0.4 is 10.5 Å². The first-order chi connectivity index (χ1) is 10.6. The molecule has 0 aliphatic rings. The molecule has 0 aliphatic carbocycles. The van der Waals surface area contributed by atoms with E-state index in [1.54, 1.807) is 6.08 Å². The van der Waals surface area contributed by atoms with Gasteiger partial charge in [0.2, 0.25) is 0 Å². The molecule has 1 amide bonds. The van der Waals surface area contributed by atoms with Gasteiger partial charge in [0.05, 0.1) is 5.39 Å². The number of aryl methyl sites for hydroxylation is 1. The summed E-state index contributed by atoms with van der Waals surface area (Å²) in [6, 6.07) is 5.50. The lowest BCUT2D eigenvalue weighted by Crippen LogP contribution is -2.10. The van der Waals surface area contributed by atoms with E-state index in [2.05, 4.69) is 11.6 Å². The zero-order valence-corrected chi connectivity index (χ0v) is 12.0. The van der Waals surface area contributed by atoms with Crippen molar-refractivity contribution in [3.63, 3.8) is 0 Å². The van der Waals surface area contributed by atoms with Crippen molar-refractivity contribution in [2.45, 2.75) is 6.92 Å². The molecule has 1 aromatic carbocycles. The van der Waals surface area contributed by atoms with Gasteiger partial charge in [-0.1, -0.05) is 18.7 Å². The van der Waals surface area contributed by atoms with Crippen molar-refractivity contribution in [2.75, 3.05) is 6.61 Å². The van der Waals surface area contributed by atoms with Crippen LogP contribution in [0.1, 0.15) is 16.1 Å². The van der Waals surface area contributed by atoms with Gasteiger partial charge in [0.1, 0.15) is 24.2 Å². The van der Waals surface area contributed by atoms with Crippen LogP contribution in [0.5, 0.6) is 5.75 Å². The molecule has 0 radical (unpaired) electrons. The number of fused-ring (bicyclic) bond motifs is 1. The van der Waals surface area contributed by atoms with Gasteiger partial charge < -0.3 is 19.3 Å². The largest absolute Gasteiger partial charge is 0.489 e. The van der Waals surface area contributed by atoms with Gasteiger partial charge in [-0.2, -0.15) is 0 Å². The van der Waals surface area contributed by atoms with E-state index in [1.807, 2.05) is 25.1 Å². The summed E-state index contributed by atoms with van der Waals surface area (Å²) < 4.78 is 16.7. The third-order valence-electron chi connectivity index (χ3n) is 3.22. The predicted octanol–water partition coefficient (Wildman–Crippen LogP) is 3.06. The van der Waals surface area contributed by atoms with Crippen molar-refractivity contribution in [3.05, 3.63) is 48.4 Å². The topological polar surface area (TPSA) is 91.5 Å². The lowest BCUT2D eigenvalue weighted by Gasteiger charge is -2.04. The summed E-state index contributed by atoms with van der Waals surface area (Å²) in [6.45, 7) is 5.90. The summed E-state index contributed by atoms with van der Waals surface area (Å²) >= 11 is 0. The molecule has 112 valence electrons. The van der Waals surface area contributed by atoms with E-state index in [9.17, 15) is 4.79 Å². The summed E-state index contributed by atoms with van der Waals surface area (Å²) in [6.07, 6.45) is 2.88. The number of nitrogens with two attached hydrogens (primary N) is 1. The Morgan fingerprint density at radius 3 is 3.00 bits per heavy atom. The van der Waals surface area contributed by atoms with E-state index in [1.165, 1.54) is 6.26 Å². The normalized spacial score (nSPS) is 10.8. The fourth-order valence-electron chi connectivity index (χ4n) is 2.23. The first-order valence-corrected chi connectivity index (χ1v) is 6.63. The lowest BCUT2D eigenvalue weighted by molar-refractivity contribution is 0.0995. The number of oxazole rings is 1. The van der Waals surface area contributed by atoms with Crippen LogP contribution in [0.25, 0.3) is 22.6 Å². The van der Waals surface area contributed by atoms with E-state index in [0.29, 0.717) is 23.7 Å². The SMILES string of the molecule is C=CCOc1cccc2oc(-c3nc(C(N)=O)co3)c(C)c12. The minimum absolute atomic E-state index is 0.0537. The van der Waals surface area contributed by atoms with Gasteiger partial charge in [-0.05, 0) is 19.1 Å². The van der Waals surface area contributed by atoms with Gasteiger partial charge in [-0.3, -0.25) is 4.79 Å². The molecular weight excluding hydrogens is 284 g/mol. The summed E-state index contributed by atoms with van der Waals surface area (Å²) in [4.78, 5) is 15.2. The molecule has 0 bridgehead atoms. The Balaban J connectivity index is 2.12.